The van der Waals surface area contributed by atoms with Crippen molar-refractivity contribution in [1.29, 1.82) is 0 Å². The Morgan fingerprint density at radius 3 is 2.65 bits per heavy atom. The maximum absolute atomic E-state index is 14.0. The Kier molecular flexibility index (Phi) is 7.16. The molecule has 2 N–H and O–H groups in total. The average molecular weight is 500 g/mol. The third-order valence-electron chi connectivity index (χ3n) is 6.89. The van der Waals surface area contributed by atoms with Crippen molar-refractivity contribution in [2.24, 2.45) is 0 Å². The Labute approximate surface area is 215 Å². The first-order chi connectivity index (χ1) is 18.1. The standard InChI is InChI=1S/C27H33N9O/c1-3-5-10-23-19-34(24-11-14-29-36(24)17-6-4-2)26(37)35(23)20-27(12-15-28-16-13-27)22-9-7-8-21(18-22)25-30-32-33-31-25/h7-9,11-16,18-19,28H,3-6,10,17,20H2,1-2H3,(H,30,31,32,33). The number of aromatic amines is 1. The summed E-state index contributed by atoms with van der Waals surface area (Å²) < 4.78 is 5.60. The first-order valence-electron chi connectivity index (χ1n) is 12.9. The molecule has 4 aromatic rings. The molecule has 0 bridgehead atoms. The highest BCUT2D eigenvalue weighted by atomic mass is 16.1. The van der Waals surface area contributed by atoms with Gasteiger partial charge in [-0.2, -0.15) is 10.3 Å². The first-order valence-corrected chi connectivity index (χ1v) is 12.9. The predicted molar refractivity (Wildman–Crippen MR) is 142 cm³/mol. The molecular formula is C27H33N9O. The molecule has 0 saturated heterocycles. The van der Waals surface area contributed by atoms with Gasteiger partial charge in [-0.1, -0.05) is 57.0 Å². The van der Waals surface area contributed by atoms with Gasteiger partial charge in [0.2, 0.25) is 5.82 Å². The summed E-state index contributed by atoms with van der Waals surface area (Å²) in [5.41, 5.74) is 2.33. The van der Waals surface area contributed by atoms with Crippen molar-refractivity contribution in [3.05, 3.63) is 89.0 Å². The third kappa shape index (κ3) is 4.91. The van der Waals surface area contributed by atoms with Crippen LogP contribution in [0.2, 0.25) is 0 Å². The fourth-order valence-corrected chi connectivity index (χ4v) is 4.82. The zero-order chi connectivity index (χ0) is 25.7. The van der Waals surface area contributed by atoms with Gasteiger partial charge in [-0.25, -0.2) is 9.48 Å². The Morgan fingerprint density at radius 2 is 1.89 bits per heavy atom. The molecule has 0 amide bonds. The van der Waals surface area contributed by atoms with Crippen molar-refractivity contribution in [1.82, 2.24) is 44.9 Å². The van der Waals surface area contributed by atoms with E-state index in [9.17, 15) is 4.79 Å². The number of dihydropyridines is 1. The highest BCUT2D eigenvalue weighted by Gasteiger charge is 2.31. The van der Waals surface area contributed by atoms with Crippen LogP contribution in [0.5, 0.6) is 0 Å². The van der Waals surface area contributed by atoms with E-state index in [1.165, 1.54) is 0 Å². The van der Waals surface area contributed by atoms with Crippen LogP contribution in [-0.2, 0) is 24.9 Å². The number of rotatable bonds is 11. The minimum Gasteiger partial charge on any atom is -0.368 e. The molecule has 5 rings (SSSR count). The van der Waals surface area contributed by atoms with E-state index < -0.39 is 5.41 Å². The van der Waals surface area contributed by atoms with Gasteiger partial charge >= 0.3 is 5.69 Å². The van der Waals surface area contributed by atoms with Crippen LogP contribution < -0.4 is 11.0 Å². The van der Waals surface area contributed by atoms with Crippen molar-refractivity contribution >= 4 is 0 Å². The van der Waals surface area contributed by atoms with Gasteiger partial charge in [-0.05, 0) is 48.5 Å². The van der Waals surface area contributed by atoms with Crippen LogP contribution in [0.1, 0.15) is 50.8 Å². The Balaban J connectivity index is 1.59. The number of tetrazole rings is 1. The molecule has 37 heavy (non-hydrogen) atoms. The predicted octanol–water partition coefficient (Wildman–Crippen LogP) is 3.73. The summed E-state index contributed by atoms with van der Waals surface area (Å²) in [6.07, 6.45) is 16.8. The number of hydrogen-bond acceptors (Lipinski definition) is 6. The van der Waals surface area contributed by atoms with Gasteiger partial charge in [-0.15, -0.1) is 10.2 Å². The SMILES string of the molecule is CCCCc1cn(-c2ccnn2CCCC)c(=O)n1CC1(c2cccc(-c3nn[nH]n3)c2)C=CNC=C1. The van der Waals surface area contributed by atoms with Crippen molar-refractivity contribution in [2.45, 2.75) is 64.5 Å². The second-order valence-electron chi connectivity index (χ2n) is 9.42. The smallest absolute Gasteiger partial charge is 0.334 e. The molecule has 1 aliphatic rings. The lowest BCUT2D eigenvalue weighted by Gasteiger charge is -2.31. The van der Waals surface area contributed by atoms with Gasteiger partial charge in [0.05, 0.1) is 11.6 Å². The maximum Gasteiger partial charge on any atom is 0.334 e. The second kappa shape index (κ2) is 10.8. The molecule has 0 spiro atoms. The van der Waals surface area contributed by atoms with Gasteiger partial charge in [0.15, 0.2) is 0 Å². The van der Waals surface area contributed by atoms with Crippen molar-refractivity contribution in [3.63, 3.8) is 0 Å². The summed E-state index contributed by atoms with van der Waals surface area (Å²) >= 11 is 0. The van der Waals surface area contributed by atoms with Crippen molar-refractivity contribution in [2.75, 3.05) is 0 Å². The van der Waals surface area contributed by atoms with Crippen LogP contribution in [0.4, 0.5) is 0 Å². The number of nitrogens with one attached hydrogen (secondary N) is 2. The maximum atomic E-state index is 14.0. The molecule has 192 valence electrons. The van der Waals surface area contributed by atoms with Gasteiger partial charge in [-0.3, -0.25) is 9.13 Å². The van der Waals surface area contributed by atoms with Crippen LogP contribution in [0.15, 0.2) is 72.1 Å². The minimum atomic E-state index is -0.537. The summed E-state index contributed by atoms with van der Waals surface area (Å²) in [7, 11) is 0. The molecule has 0 aliphatic carbocycles. The number of benzene rings is 1. The van der Waals surface area contributed by atoms with E-state index in [4.69, 9.17) is 0 Å². The fourth-order valence-electron chi connectivity index (χ4n) is 4.82. The summed E-state index contributed by atoms with van der Waals surface area (Å²) in [5, 5.41) is 22.1. The highest BCUT2D eigenvalue weighted by molar-refractivity contribution is 5.57. The lowest BCUT2D eigenvalue weighted by atomic mass is 9.78. The van der Waals surface area contributed by atoms with Gasteiger partial charge in [0, 0.05) is 36.6 Å². The summed E-state index contributed by atoms with van der Waals surface area (Å²) in [4.78, 5) is 14.0. The molecule has 0 saturated carbocycles. The van der Waals surface area contributed by atoms with Gasteiger partial charge in [0.1, 0.15) is 5.82 Å². The van der Waals surface area contributed by atoms with Crippen LogP contribution in [0.25, 0.3) is 17.2 Å². The molecule has 1 aliphatic heterocycles. The average Bonchev–Trinajstić information content (AvgIpc) is 3.69. The quantitative estimate of drug-likeness (QED) is 0.325. The van der Waals surface area contributed by atoms with E-state index in [1.807, 2.05) is 46.0 Å². The largest absolute Gasteiger partial charge is 0.368 e. The minimum absolute atomic E-state index is 0.0571. The number of aromatic nitrogens is 8. The molecule has 4 heterocycles. The number of allylic oxidation sites excluding steroid dienone is 2. The molecule has 10 heteroatoms. The monoisotopic (exact) mass is 499 g/mol. The van der Waals surface area contributed by atoms with E-state index in [-0.39, 0.29) is 5.69 Å². The number of H-pyrrole nitrogens is 1. The molecule has 3 aromatic heterocycles. The number of imidazole rings is 1. The fraction of sp³-hybridized carbons (Fsp3) is 0.370. The van der Waals surface area contributed by atoms with Gasteiger partial charge in [0.25, 0.3) is 0 Å². The molecule has 10 nitrogen and oxygen atoms in total. The lowest BCUT2D eigenvalue weighted by Crippen LogP contribution is -2.36. The third-order valence-corrected chi connectivity index (χ3v) is 6.89. The normalized spacial score (nSPS) is 14.2. The van der Waals surface area contributed by atoms with E-state index in [2.05, 4.69) is 69.2 Å². The van der Waals surface area contributed by atoms with Crippen LogP contribution in [0, 0.1) is 0 Å². The number of nitrogens with zero attached hydrogens (tertiary/aromatic N) is 7. The Hall–Kier alpha value is -4.21. The lowest BCUT2D eigenvalue weighted by molar-refractivity contribution is 0.494. The zero-order valence-corrected chi connectivity index (χ0v) is 21.3. The van der Waals surface area contributed by atoms with Crippen molar-refractivity contribution < 1.29 is 0 Å². The van der Waals surface area contributed by atoms with Crippen LogP contribution in [0.3, 0.4) is 0 Å². The molecule has 0 radical (unpaired) electrons. The molecular weight excluding hydrogens is 466 g/mol. The summed E-state index contributed by atoms with van der Waals surface area (Å²) in [6.45, 7) is 5.57. The molecule has 0 fully saturated rings. The number of aryl methyl sites for hydroxylation is 2. The molecule has 0 unspecified atom stereocenters. The van der Waals surface area contributed by atoms with Crippen molar-refractivity contribution in [3.8, 4) is 17.2 Å². The molecule has 1 aromatic carbocycles. The Morgan fingerprint density at radius 1 is 1.05 bits per heavy atom. The number of hydrogen-bond donors (Lipinski definition) is 2. The highest BCUT2D eigenvalue weighted by Crippen LogP contribution is 2.33. The zero-order valence-electron chi connectivity index (χ0n) is 21.3. The summed E-state index contributed by atoms with van der Waals surface area (Å²) in [5.74, 6) is 1.34. The Bertz CT molecular complexity index is 1430. The van der Waals surface area contributed by atoms with Crippen LogP contribution >= 0.6 is 0 Å². The molecule has 0 atom stereocenters. The van der Waals surface area contributed by atoms with E-state index in [0.717, 1.165) is 61.3 Å². The second-order valence-corrected chi connectivity index (χ2v) is 9.42. The van der Waals surface area contributed by atoms with E-state index in [0.29, 0.717) is 12.4 Å². The summed E-state index contributed by atoms with van der Waals surface area (Å²) in [6, 6.07) is 10.0. The van der Waals surface area contributed by atoms with Crippen LogP contribution in [-0.4, -0.2) is 39.5 Å². The number of unbranched alkanes of at least 4 members (excludes halogenated alkanes) is 2. The van der Waals surface area contributed by atoms with E-state index in [1.54, 1.807) is 10.8 Å². The van der Waals surface area contributed by atoms with Gasteiger partial charge < -0.3 is 5.32 Å². The first kappa shape index (κ1) is 24.5. The topological polar surface area (TPSA) is 111 Å². The van der Waals surface area contributed by atoms with E-state index >= 15 is 0 Å².